The Morgan fingerprint density at radius 1 is 0.905 bits per heavy atom. The molecule has 0 radical (unpaired) electrons. The van der Waals surface area contributed by atoms with Gasteiger partial charge in [0.1, 0.15) is 11.6 Å². The molecule has 2 nitrogen and oxygen atoms in total. The SMILES string of the molecule is O=C1CCCC(c2ccc(F)cc2)N1c1ccc(F)cc1. The summed E-state index contributed by atoms with van der Waals surface area (Å²) in [5.74, 6) is -0.613. The standard InChI is InChI=1S/C17H15F2NO/c18-13-6-4-12(5-7-13)16-2-1-3-17(21)20(16)15-10-8-14(19)9-11-15/h4-11,16H,1-3H2. The Morgan fingerprint density at radius 2 is 1.48 bits per heavy atom. The Kier molecular flexibility index (Phi) is 3.69. The fraction of sp³-hybridized carbons (Fsp3) is 0.235. The predicted octanol–water partition coefficient (Wildman–Crippen LogP) is 4.22. The second kappa shape index (κ2) is 5.64. The highest BCUT2D eigenvalue weighted by Crippen LogP contribution is 2.35. The number of nitrogens with zero attached hydrogens (tertiary/aromatic N) is 1. The van der Waals surface area contributed by atoms with Gasteiger partial charge in [-0.2, -0.15) is 0 Å². The lowest BCUT2D eigenvalue weighted by molar-refractivity contribution is -0.120. The largest absolute Gasteiger partial charge is 0.305 e. The fourth-order valence-electron chi connectivity index (χ4n) is 2.80. The minimum atomic E-state index is -0.332. The van der Waals surface area contributed by atoms with Crippen molar-refractivity contribution >= 4 is 11.6 Å². The molecule has 4 heteroatoms. The summed E-state index contributed by atoms with van der Waals surface area (Å²) < 4.78 is 26.1. The zero-order chi connectivity index (χ0) is 14.8. The van der Waals surface area contributed by atoms with E-state index in [1.165, 1.54) is 24.3 Å². The second-order valence-electron chi connectivity index (χ2n) is 5.20. The van der Waals surface area contributed by atoms with Crippen LogP contribution in [0, 0.1) is 11.6 Å². The third-order valence-corrected chi connectivity index (χ3v) is 3.81. The highest BCUT2D eigenvalue weighted by atomic mass is 19.1. The molecule has 21 heavy (non-hydrogen) atoms. The number of anilines is 1. The van der Waals surface area contributed by atoms with Gasteiger partial charge in [0, 0.05) is 12.1 Å². The maximum Gasteiger partial charge on any atom is 0.227 e. The monoisotopic (exact) mass is 287 g/mol. The molecule has 0 aliphatic carbocycles. The van der Waals surface area contributed by atoms with Gasteiger partial charge in [-0.3, -0.25) is 4.79 Å². The summed E-state index contributed by atoms with van der Waals surface area (Å²) in [4.78, 5) is 14.0. The van der Waals surface area contributed by atoms with Crippen molar-refractivity contribution in [3.05, 3.63) is 65.7 Å². The minimum absolute atomic E-state index is 0.0159. The van der Waals surface area contributed by atoms with Crippen molar-refractivity contribution in [3.63, 3.8) is 0 Å². The molecule has 1 atom stereocenters. The van der Waals surface area contributed by atoms with Crippen LogP contribution in [0.25, 0.3) is 0 Å². The Balaban J connectivity index is 1.98. The van der Waals surface area contributed by atoms with E-state index < -0.39 is 0 Å². The van der Waals surface area contributed by atoms with Gasteiger partial charge in [-0.1, -0.05) is 12.1 Å². The first-order chi connectivity index (χ1) is 10.1. The van der Waals surface area contributed by atoms with Gasteiger partial charge in [0.05, 0.1) is 6.04 Å². The molecule has 1 saturated heterocycles. The van der Waals surface area contributed by atoms with Gasteiger partial charge in [0.2, 0.25) is 5.91 Å². The summed E-state index contributed by atoms with van der Waals surface area (Å²) in [5, 5.41) is 0. The van der Waals surface area contributed by atoms with Crippen LogP contribution in [-0.4, -0.2) is 5.91 Å². The predicted molar refractivity (Wildman–Crippen MR) is 76.9 cm³/mol. The van der Waals surface area contributed by atoms with Crippen LogP contribution in [0.1, 0.15) is 30.9 Å². The van der Waals surface area contributed by atoms with Crippen molar-refractivity contribution in [2.24, 2.45) is 0 Å². The smallest absolute Gasteiger partial charge is 0.227 e. The molecule has 108 valence electrons. The minimum Gasteiger partial charge on any atom is -0.305 e. The van der Waals surface area contributed by atoms with E-state index in [-0.39, 0.29) is 23.6 Å². The summed E-state index contributed by atoms with van der Waals surface area (Å²) in [6, 6.07) is 12.0. The van der Waals surface area contributed by atoms with Crippen LogP contribution in [0.5, 0.6) is 0 Å². The van der Waals surface area contributed by atoms with Gasteiger partial charge in [-0.15, -0.1) is 0 Å². The van der Waals surface area contributed by atoms with Crippen LogP contribution >= 0.6 is 0 Å². The first-order valence-corrected chi connectivity index (χ1v) is 6.98. The zero-order valence-corrected chi connectivity index (χ0v) is 11.4. The van der Waals surface area contributed by atoms with Gasteiger partial charge in [0.25, 0.3) is 0 Å². The van der Waals surface area contributed by atoms with E-state index in [9.17, 15) is 13.6 Å². The Labute approximate surface area is 122 Å². The molecule has 2 aromatic rings. The topological polar surface area (TPSA) is 20.3 Å². The van der Waals surface area contributed by atoms with Crippen LogP contribution in [-0.2, 0) is 4.79 Å². The van der Waals surface area contributed by atoms with Crippen LogP contribution in [0.4, 0.5) is 14.5 Å². The Bertz CT molecular complexity index is 637. The lowest BCUT2D eigenvalue weighted by Gasteiger charge is -2.36. The average Bonchev–Trinajstić information content (AvgIpc) is 2.49. The molecule has 0 saturated carbocycles. The summed E-state index contributed by atoms with van der Waals surface area (Å²) in [6.07, 6.45) is 2.10. The van der Waals surface area contributed by atoms with E-state index in [0.29, 0.717) is 12.1 Å². The maximum atomic E-state index is 13.1. The Hall–Kier alpha value is -2.23. The molecular weight excluding hydrogens is 272 g/mol. The second-order valence-corrected chi connectivity index (χ2v) is 5.20. The molecule has 0 aromatic heterocycles. The molecule has 1 amide bonds. The number of hydrogen-bond donors (Lipinski definition) is 0. The highest BCUT2D eigenvalue weighted by molar-refractivity contribution is 5.94. The zero-order valence-electron chi connectivity index (χ0n) is 11.4. The van der Waals surface area contributed by atoms with Crippen molar-refractivity contribution in [1.29, 1.82) is 0 Å². The molecule has 1 aliphatic heterocycles. The van der Waals surface area contributed by atoms with E-state index in [4.69, 9.17) is 0 Å². The van der Waals surface area contributed by atoms with Gasteiger partial charge < -0.3 is 4.90 Å². The number of hydrogen-bond acceptors (Lipinski definition) is 1. The van der Waals surface area contributed by atoms with Crippen LogP contribution < -0.4 is 4.90 Å². The molecule has 0 bridgehead atoms. The van der Waals surface area contributed by atoms with E-state index in [1.807, 2.05) is 0 Å². The van der Waals surface area contributed by atoms with E-state index >= 15 is 0 Å². The highest BCUT2D eigenvalue weighted by Gasteiger charge is 2.30. The van der Waals surface area contributed by atoms with Gasteiger partial charge in [-0.25, -0.2) is 8.78 Å². The van der Waals surface area contributed by atoms with Gasteiger partial charge in [-0.05, 0) is 54.8 Å². The summed E-state index contributed by atoms with van der Waals surface area (Å²) in [7, 11) is 0. The molecule has 2 aromatic carbocycles. The third kappa shape index (κ3) is 2.79. The number of carbonyl (C=O) groups excluding carboxylic acids is 1. The number of amides is 1. The summed E-state index contributed by atoms with van der Waals surface area (Å²) in [6.45, 7) is 0. The van der Waals surface area contributed by atoms with Crippen molar-refractivity contribution in [3.8, 4) is 0 Å². The number of rotatable bonds is 2. The molecule has 1 heterocycles. The molecule has 1 aliphatic rings. The normalized spacial score (nSPS) is 18.9. The Morgan fingerprint density at radius 3 is 2.10 bits per heavy atom. The average molecular weight is 287 g/mol. The van der Waals surface area contributed by atoms with E-state index in [2.05, 4.69) is 0 Å². The first-order valence-electron chi connectivity index (χ1n) is 6.98. The number of benzene rings is 2. The molecule has 1 fully saturated rings. The molecule has 1 unspecified atom stereocenters. The van der Waals surface area contributed by atoms with Crippen LogP contribution in [0.2, 0.25) is 0 Å². The van der Waals surface area contributed by atoms with Gasteiger partial charge in [0.15, 0.2) is 0 Å². The quantitative estimate of drug-likeness (QED) is 0.809. The molecular formula is C17H15F2NO. The maximum absolute atomic E-state index is 13.1. The lowest BCUT2D eigenvalue weighted by Crippen LogP contribution is -2.38. The van der Waals surface area contributed by atoms with Crippen molar-refractivity contribution in [2.75, 3.05) is 4.90 Å². The van der Waals surface area contributed by atoms with Crippen molar-refractivity contribution in [1.82, 2.24) is 0 Å². The molecule has 3 rings (SSSR count). The first kappa shape index (κ1) is 13.7. The van der Waals surface area contributed by atoms with Crippen molar-refractivity contribution < 1.29 is 13.6 Å². The number of piperidine rings is 1. The third-order valence-electron chi connectivity index (χ3n) is 3.81. The van der Waals surface area contributed by atoms with Crippen LogP contribution in [0.3, 0.4) is 0 Å². The summed E-state index contributed by atoms with van der Waals surface area (Å²) >= 11 is 0. The lowest BCUT2D eigenvalue weighted by atomic mass is 9.94. The number of halogens is 2. The van der Waals surface area contributed by atoms with Gasteiger partial charge >= 0.3 is 0 Å². The fourth-order valence-corrected chi connectivity index (χ4v) is 2.80. The van der Waals surface area contributed by atoms with Crippen molar-refractivity contribution in [2.45, 2.75) is 25.3 Å². The van der Waals surface area contributed by atoms with E-state index in [0.717, 1.165) is 18.4 Å². The van der Waals surface area contributed by atoms with Crippen LogP contribution in [0.15, 0.2) is 48.5 Å². The van der Waals surface area contributed by atoms with E-state index in [1.54, 1.807) is 29.2 Å². The molecule has 0 N–H and O–H groups in total. The summed E-state index contributed by atoms with van der Waals surface area (Å²) in [5.41, 5.74) is 1.57. The molecule has 0 spiro atoms. The number of carbonyl (C=O) groups is 1.